The molecule has 8 nitrogen and oxygen atoms in total. The van der Waals surface area contributed by atoms with Crippen LogP contribution < -0.4 is 5.32 Å². The van der Waals surface area contributed by atoms with Crippen molar-refractivity contribution < 1.29 is 34.2 Å². The number of hydrogen-bond donors (Lipinski definition) is 5. The highest BCUT2D eigenvalue weighted by Gasteiger charge is 2.27. The summed E-state index contributed by atoms with van der Waals surface area (Å²) >= 11 is 0. The zero-order chi connectivity index (χ0) is 11.4. The van der Waals surface area contributed by atoms with Crippen molar-refractivity contribution in [2.45, 2.75) is 6.04 Å². The molecule has 0 bridgehead atoms. The Kier molecular flexibility index (Phi) is 4.72. The smallest absolute Gasteiger partial charge is 0.327 e. The third-order valence-corrected chi connectivity index (χ3v) is 2.06. The van der Waals surface area contributed by atoms with E-state index in [2.05, 4.69) is 0 Å². The summed E-state index contributed by atoms with van der Waals surface area (Å²) in [6.07, 6.45) is -0.935. The number of rotatable bonds is 6. The van der Waals surface area contributed by atoms with E-state index in [4.69, 9.17) is 20.0 Å². The molecular formula is C5H10NO7P. The second-order valence-electron chi connectivity index (χ2n) is 2.51. The second kappa shape index (κ2) is 5.06. The van der Waals surface area contributed by atoms with Gasteiger partial charge in [0.2, 0.25) is 0 Å². The first-order valence-corrected chi connectivity index (χ1v) is 5.24. The summed E-state index contributed by atoms with van der Waals surface area (Å²) < 4.78 is 10.4. The monoisotopic (exact) mass is 227 g/mol. The molecule has 0 aliphatic carbocycles. The molecule has 0 fully saturated rings. The van der Waals surface area contributed by atoms with Crippen LogP contribution >= 0.6 is 7.60 Å². The van der Waals surface area contributed by atoms with Gasteiger partial charge >= 0.3 is 19.5 Å². The van der Waals surface area contributed by atoms with Gasteiger partial charge in [0, 0.05) is 0 Å². The molecule has 0 aromatic rings. The minimum Gasteiger partial charge on any atom is -0.480 e. The first kappa shape index (κ1) is 13.1. The molecule has 14 heavy (non-hydrogen) atoms. The van der Waals surface area contributed by atoms with Crippen LogP contribution in [0.2, 0.25) is 0 Å². The second-order valence-corrected chi connectivity index (χ2v) is 4.21. The van der Waals surface area contributed by atoms with Gasteiger partial charge in [0.1, 0.15) is 6.04 Å². The van der Waals surface area contributed by atoms with Crippen molar-refractivity contribution >= 4 is 19.5 Å². The van der Waals surface area contributed by atoms with E-state index in [0.29, 0.717) is 0 Å². The Morgan fingerprint density at radius 1 is 1.29 bits per heavy atom. The molecular weight excluding hydrogens is 217 g/mol. The molecule has 0 spiro atoms. The fraction of sp³-hybridized carbons (Fsp3) is 0.600. The number of carboxylic acids is 2. The van der Waals surface area contributed by atoms with Crippen LogP contribution in [0.15, 0.2) is 0 Å². The van der Waals surface area contributed by atoms with Gasteiger partial charge in [-0.05, 0) is 0 Å². The molecule has 1 unspecified atom stereocenters. The van der Waals surface area contributed by atoms with Crippen molar-refractivity contribution in [1.82, 2.24) is 5.32 Å². The van der Waals surface area contributed by atoms with Crippen molar-refractivity contribution in [3.05, 3.63) is 0 Å². The zero-order valence-corrected chi connectivity index (χ0v) is 7.85. The molecule has 9 heteroatoms. The van der Waals surface area contributed by atoms with Crippen LogP contribution in [0.1, 0.15) is 0 Å². The maximum atomic E-state index is 10.4. The number of hydrogen-bond acceptors (Lipinski definition) is 4. The van der Waals surface area contributed by atoms with Crippen LogP contribution in [-0.2, 0) is 14.2 Å². The van der Waals surface area contributed by atoms with Gasteiger partial charge in [-0.25, -0.2) is 0 Å². The molecule has 82 valence electrons. The quantitative estimate of drug-likeness (QED) is 0.337. The number of carbonyl (C=O) groups is 2. The Morgan fingerprint density at radius 2 is 1.79 bits per heavy atom. The summed E-state index contributed by atoms with van der Waals surface area (Å²) in [5.74, 6) is -2.81. The van der Waals surface area contributed by atoms with E-state index in [0.717, 1.165) is 0 Å². The Bertz CT molecular complexity index is 271. The summed E-state index contributed by atoms with van der Waals surface area (Å²) in [6, 6.07) is -1.56. The van der Waals surface area contributed by atoms with E-state index in [1.54, 1.807) is 0 Å². The van der Waals surface area contributed by atoms with Crippen molar-refractivity contribution in [1.29, 1.82) is 0 Å². The normalized spacial score (nSPS) is 13.6. The van der Waals surface area contributed by atoms with Gasteiger partial charge in [-0.15, -0.1) is 0 Å². The van der Waals surface area contributed by atoms with Gasteiger partial charge < -0.3 is 20.0 Å². The number of carboxylic acid groups (broad SMARTS) is 2. The van der Waals surface area contributed by atoms with Crippen LogP contribution in [0.5, 0.6) is 0 Å². The van der Waals surface area contributed by atoms with Crippen LogP contribution in [0.4, 0.5) is 0 Å². The first-order valence-electron chi connectivity index (χ1n) is 3.45. The Morgan fingerprint density at radius 3 is 2.07 bits per heavy atom. The van der Waals surface area contributed by atoms with E-state index in [1.165, 1.54) is 0 Å². The van der Waals surface area contributed by atoms with Crippen molar-refractivity contribution in [3.8, 4) is 0 Å². The summed E-state index contributed by atoms with van der Waals surface area (Å²) in [6.45, 7) is -0.670. The molecule has 0 aliphatic heterocycles. The Labute approximate surface area is 78.7 Å². The lowest BCUT2D eigenvalue weighted by molar-refractivity contribution is -0.139. The van der Waals surface area contributed by atoms with Gasteiger partial charge in [-0.1, -0.05) is 0 Å². The summed E-state index contributed by atoms with van der Waals surface area (Å²) in [5.41, 5.74) is 0. The Balaban J connectivity index is 4.24. The van der Waals surface area contributed by atoms with Crippen LogP contribution in [0.25, 0.3) is 0 Å². The molecule has 0 saturated carbocycles. The molecule has 0 radical (unpaired) electrons. The average molecular weight is 227 g/mol. The third-order valence-electron chi connectivity index (χ3n) is 1.22. The van der Waals surface area contributed by atoms with E-state index >= 15 is 0 Å². The molecule has 0 aliphatic rings. The molecule has 0 saturated heterocycles. The predicted octanol–water partition coefficient (Wildman–Crippen LogP) is -1.71. The molecule has 5 N–H and O–H groups in total. The molecule has 0 amide bonds. The molecule has 1 atom stereocenters. The lowest BCUT2D eigenvalue weighted by Gasteiger charge is -2.13. The molecule has 0 aromatic carbocycles. The molecule has 0 rings (SSSR count). The largest absolute Gasteiger partial charge is 0.480 e. The van der Waals surface area contributed by atoms with Crippen LogP contribution in [0.3, 0.4) is 0 Å². The van der Waals surface area contributed by atoms with Crippen LogP contribution in [0, 0.1) is 0 Å². The van der Waals surface area contributed by atoms with Crippen molar-refractivity contribution in [2.75, 3.05) is 12.7 Å². The summed E-state index contributed by atoms with van der Waals surface area (Å²) in [4.78, 5) is 37.4. The third kappa shape index (κ3) is 6.55. The molecule has 0 heterocycles. The predicted molar refractivity (Wildman–Crippen MR) is 44.0 cm³/mol. The minimum atomic E-state index is -4.47. The van der Waals surface area contributed by atoms with Crippen molar-refractivity contribution in [3.63, 3.8) is 0 Å². The Hall–Kier alpha value is -0.950. The topological polar surface area (TPSA) is 144 Å². The maximum absolute atomic E-state index is 10.4. The highest BCUT2D eigenvalue weighted by Crippen LogP contribution is 2.34. The highest BCUT2D eigenvalue weighted by molar-refractivity contribution is 7.51. The summed E-state index contributed by atoms with van der Waals surface area (Å²) in [5, 5.41) is 18.6. The SMILES string of the molecule is O=C(O)CNC(CP(=O)(O)O)C(=O)O. The van der Waals surface area contributed by atoms with Gasteiger partial charge in [0.15, 0.2) is 0 Å². The average Bonchev–Trinajstić information content (AvgIpc) is 1.94. The van der Waals surface area contributed by atoms with Gasteiger partial charge in [0.05, 0.1) is 12.7 Å². The van der Waals surface area contributed by atoms with Gasteiger partial charge in [0.25, 0.3) is 0 Å². The van der Waals surface area contributed by atoms with E-state index in [-0.39, 0.29) is 0 Å². The fourth-order valence-corrected chi connectivity index (χ4v) is 1.44. The highest BCUT2D eigenvalue weighted by atomic mass is 31.2. The van der Waals surface area contributed by atoms with Gasteiger partial charge in [-0.3, -0.25) is 19.5 Å². The zero-order valence-electron chi connectivity index (χ0n) is 6.95. The lowest BCUT2D eigenvalue weighted by Crippen LogP contribution is -2.42. The maximum Gasteiger partial charge on any atom is 0.327 e. The lowest BCUT2D eigenvalue weighted by atomic mass is 10.3. The first-order chi connectivity index (χ1) is 6.22. The van der Waals surface area contributed by atoms with E-state index in [1.807, 2.05) is 5.32 Å². The number of aliphatic carboxylic acids is 2. The minimum absolute atomic E-state index is 0.670. The fourth-order valence-electron chi connectivity index (χ4n) is 0.678. The molecule has 0 aromatic heterocycles. The van der Waals surface area contributed by atoms with Crippen molar-refractivity contribution in [2.24, 2.45) is 0 Å². The van der Waals surface area contributed by atoms with Gasteiger partial charge in [-0.2, -0.15) is 0 Å². The summed E-state index contributed by atoms with van der Waals surface area (Å²) in [7, 11) is -4.47. The van der Waals surface area contributed by atoms with Crippen LogP contribution in [-0.4, -0.2) is 50.7 Å². The van der Waals surface area contributed by atoms with E-state index in [9.17, 15) is 14.2 Å². The van der Waals surface area contributed by atoms with E-state index < -0.39 is 38.3 Å². The standard InChI is InChI=1S/C5H10NO7P/c7-4(8)1-6-3(5(9)10)2-14(11,12)13/h3,6H,1-2H2,(H,7,8)(H,9,10)(H2,11,12,13). The number of nitrogens with one attached hydrogen (secondary N) is 1.